The van der Waals surface area contributed by atoms with Crippen molar-refractivity contribution in [2.45, 2.75) is 25.7 Å². The number of hydrogen-bond donors (Lipinski definition) is 2. The number of benzene rings is 3. The Kier molecular flexibility index (Phi) is 8.27. The van der Waals surface area contributed by atoms with Crippen LogP contribution in [0.2, 0.25) is 0 Å². The van der Waals surface area contributed by atoms with Crippen molar-refractivity contribution in [3.8, 4) is 11.5 Å². The van der Waals surface area contributed by atoms with E-state index in [1.165, 1.54) is 12.4 Å². The number of rotatable bonds is 11. The fourth-order valence-corrected chi connectivity index (χ4v) is 3.59. The predicted octanol–water partition coefficient (Wildman–Crippen LogP) is 4.07. The molecule has 0 spiro atoms. The van der Waals surface area contributed by atoms with Crippen molar-refractivity contribution in [1.29, 1.82) is 0 Å². The van der Waals surface area contributed by atoms with Crippen LogP contribution in [0, 0.1) is 0 Å². The lowest BCUT2D eigenvalue weighted by molar-refractivity contribution is -0.119. The number of nitrogens with zero attached hydrogens (tertiary/aromatic N) is 1. The number of amides is 2. The molecule has 0 saturated carbocycles. The minimum absolute atomic E-state index is 0.201. The number of nitrogens with two attached hydrogens (primary N) is 1. The first kappa shape index (κ1) is 24.5. The monoisotopic (exact) mass is 481 g/mol. The van der Waals surface area contributed by atoms with Gasteiger partial charge in [-0.2, -0.15) is 0 Å². The zero-order valence-corrected chi connectivity index (χ0v) is 19.7. The van der Waals surface area contributed by atoms with Crippen molar-refractivity contribution in [3.63, 3.8) is 0 Å². The van der Waals surface area contributed by atoms with Gasteiger partial charge in [0.15, 0.2) is 11.5 Å². The topological polar surface area (TPSA) is 104 Å². The van der Waals surface area contributed by atoms with E-state index in [1.54, 1.807) is 18.2 Å². The highest BCUT2D eigenvalue weighted by Crippen LogP contribution is 2.30. The van der Waals surface area contributed by atoms with Gasteiger partial charge in [-0.05, 0) is 41.0 Å². The zero-order valence-electron chi connectivity index (χ0n) is 19.7. The van der Waals surface area contributed by atoms with Gasteiger partial charge in [0.2, 0.25) is 5.91 Å². The second kappa shape index (κ2) is 12.2. The van der Waals surface area contributed by atoms with Crippen molar-refractivity contribution in [1.82, 2.24) is 10.3 Å². The van der Waals surface area contributed by atoms with Crippen LogP contribution in [0.25, 0.3) is 0 Å². The molecule has 0 radical (unpaired) electrons. The second-order valence-corrected chi connectivity index (χ2v) is 8.20. The molecule has 1 aromatic heterocycles. The quantitative estimate of drug-likeness (QED) is 0.336. The number of aromatic nitrogens is 1. The summed E-state index contributed by atoms with van der Waals surface area (Å²) in [6, 6.07) is 27.4. The molecule has 4 rings (SSSR count). The van der Waals surface area contributed by atoms with Crippen LogP contribution in [0.5, 0.6) is 11.5 Å². The van der Waals surface area contributed by atoms with Crippen LogP contribution in [-0.2, 0) is 24.4 Å². The van der Waals surface area contributed by atoms with E-state index in [-0.39, 0.29) is 6.42 Å². The first-order valence-electron chi connectivity index (χ1n) is 11.5. The Morgan fingerprint density at radius 2 is 1.33 bits per heavy atom. The first-order chi connectivity index (χ1) is 17.6. The Morgan fingerprint density at radius 3 is 1.92 bits per heavy atom. The summed E-state index contributed by atoms with van der Waals surface area (Å²) in [5, 5.41) is 2.71. The summed E-state index contributed by atoms with van der Waals surface area (Å²) in [5.74, 6) is 0.0871. The number of hydrogen-bond acceptors (Lipinski definition) is 5. The summed E-state index contributed by atoms with van der Waals surface area (Å²) in [6.07, 6.45) is 3.23. The molecule has 1 heterocycles. The molecule has 0 bridgehead atoms. The molecule has 0 aliphatic carbocycles. The molecule has 3 N–H and O–H groups in total. The van der Waals surface area contributed by atoms with Crippen molar-refractivity contribution in [2.75, 3.05) is 0 Å². The van der Waals surface area contributed by atoms with Crippen molar-refractivity contribution < 1.29 is 19.1 Å². The van der Waals surface area contributed by atoms with Gasteiger partial charge in [-0.15, -0.1) is 0 Å². The van der Waals surface area contributed by atoms with Gasteiger partial charge in [-0.25, -0.2) is 0 Å². The number of pyridine rings is 1. The van der Waals surface area contributed by atoms with E-state index in [9.17, 15) is 9.59 Å². The van der Waals surface area contributed by atoms with E-state index in [2.05, 4.69) is 10.3 Å². The van der Waals surface area contributed by atoms with E-state index >= 15 is 0 Å². The number of ether oxygens (including phenoxy) is 2. The molecule has 2 amide bonds. The van der Waals surface area contributed by atoms with Crippen LogP contribution < -0.4 is 20.5 Å². The molecule has 4 aromatic rings. The molecule has 3 aromatic carbocycles. The summed E-state index contributed by atoms with van der Waals surface area (Å²) in [4.78, 5) is 28.6. The average molecular weight is 482 g/mol. The summed E-state index contributed by atoms with van der Waals surface area (Å²) in [6.45, 7) is 0.734. The molecule has 0 aliphatic heterocycles. The largest absolute Gasteiger partial charge is 0.485 e. The molecule has 0 unspecified atom stereocenters. The van der Waals surface area contributed by atoms with Crippen LogP contribution in [0.3, 0.4) is 0 Å². The van der Waals surface area contributed by atoms with Crippen molar-refractivity contribution >= 4 is 11.8 Å². The smallest absolute Gasteiger partial charge is 0.252 e. The fraction of sp³-hybridized carbons (Fsp3) is 0.138. The lowest BCUT2D eigenvalue weighted by Crippen LogP contribution is -2.45. The lowest BCUT2D eigenvalue weighted by atomic mass is 10.0. The Hall–Kier alpha value is -4.65. The molecule has 0 fully saturated rings. The maximum atomic E-state index is 12.6. The minimum atomic E-state index is -0.899. The highest BCUT2D eigenvalue weighted by atomic mass is 16.5. The minimum Gasteiger partial charge on any atom is -0.485 e. The van der Waals surface area contributed by atoms with Gasteiger partial charge in [0, 0.05) is 24.4 Å². The second-order valence-electron chi connectivity index (χ2n) is 8.20. The Bertz CT molecular complexity index is 1280. The SMILES string of the molecule is NC(=O)[C@H](Cc1ccc(OCc2ccccc2)c(OCc2ccccc2)c1)NC(=O)c1ccncc1. The first-order valence-corrected chi connectivity index (χ1v) is 11.5. The van der Waals surface area contributed by atoms with E-state index in [4.69, 9.17) is 15.2 Å². The Morgan fingerprint density at radius 1 is 0.750 bits per heavy atom. The molecule has 0 saturated heterocycles. The molecule has 182 valence electrons. The van der Waals surface area contributed by atoms with Crippen molar-refractivity contribution in [3.05, 3.63) is 126 Å². The fourth-order valence-electron chi connectivity index (χ4n) is 3.59. The van der Waals surface area contributed by atoms with Gasteiger partial charge >= 0.3 is 0 Å². The molecule has 7 nitrogen and oxygen atoms in total. The number of nitrogens with one attached hydrogen (secondary N) is 1. The molecule has 1 atom stereocenters. The van der Waals surface area contributed by atoms with Crippen LogP contribution in [-0.4, -0.2) is 22.8 Å². The normalized spacial score (nSPS) is 11.3. The van der Waals surface area contributed by atoms with Gasteiger partial charge in [0.25, 0.3) is 5.91 Å². The average Bonchev–Trinajstić information content (AvgIpc) is 2.92. The Labute approximate surface area is 209 Å². The molecule has 7 heteroatoms. The predicted molar refractivity (Wildman–Crippen MR) is 136 cm³/mol. The van der Waals surface area contributed by atoms with Gasteiger partial charge in [0.05, 0.1) is 0 Å². The molecule has 0 aliphatic rings. The van der Waals surface area contributed by atoms with Crippen LogP contribution in [0.4, 0.5) is 0 Å². The zero-order chi connectivity index (χ0) is 25.2. The van der Waals surface area contributed by atoms with Crippen LogP contribution >= 0.6 is 0 Å². The maximum Gasteiger partial charge on any atom is 0.252 e. The van der Waals surface area contributed by atoms with Crippen molar-refractivity contribution in [2.24, 2.45) is 5.73 Å². The highest BCUT2D eigenvalue weighted by molar-refractivity contribution is 5.97. The van der Waals surface area contributed by atoms with E-state index < -0.39 is 17.9 Å². The number of primary amides is 1. The van der Waals surface area contributed by atoms with E-state index in [0.29, 0.717) is 30.3 Å². The maximum absolute atomic E-state index is 12.6. The van der Waals surface area contributed by atoms with Gasteiger partial charge in [-0.3, -0.25) is 14.6 Å². The summed E-state index contributed by atoms with van der Waals surface area (Å²) >= 11 is 0. The third-order valence-corrected chi connectivity index (χ3v) is 5.51. The van der Waals surface area contributed by atoms with Crippen LogP contribution in [0.15, 0.2) is 103 Å². The summed E-state index contributed by atoms with van der Waals surface area (Å²) < 4.78 is 12.2. The van der Waals surface area contributed by atoms with Crippen LogP contribution in [0.1, 0.15) is 27.0 Å². The molecular weight excluding hydrogens is 454 g/mol. The summed E-state index contributed by atoms with van der Waals surface area (Å²) in [7, 11) is 0. The van der Waals surface area contributed by atoms with Gasteiger partial charge in [-0.1, -0.05) is 66.7 Å². The third-order valence-electron chi connectivity index (χ3n) is 5.51. The van der Waals surface area contributed by atoms with E-state index in [1.807, 2.05) is 72.8 Å². The summed E-state index contributed by atoms with van der Waals surface area (Å²) in [5.41, 5.74) is 8.81. The lowest BCUT2D eigenvalue weighted by Gasteiger charge is -2.18. The van der Waals surface area contributed by atoms with Gasteiger partial charge < -0.3 is 20.5 Å². The standard InChI is InChI=1S/C29H27N3O4/c30-28(33)25(32-29(34)24-13-15-31-16-14-24)17-23-11-12-26(35-19-21-7-3-1-4-8-21)27(18-23)36-20-22-9-5-2-6-10-22/h1-16,18,25H,17,19-20H2,(H2,30,33)(H,32,34)/t25-/m0/s1. The molecular formula is C29H27N3O4. The number of carbonyl (C=O) groups excluding carboxylic acids is 2. The number of carbonyl (C=O) groups is 2. The third kappa shape index (κ3) is 6.93. The van der Waals surface area contributed by atoms with Gasteiger partial charge in [0.1, 0.15) is 19.3 Å². The molecule has 36 heavy (non-hydrogen) atoms. The van der Waals surface area contributed by atoms with E-state index in [0.717, 1.165) is 16.7 Å². The highest BCUT2D eigenvalue weighted by Gasteiger charge is 2.20. The Balaban J connectivity index is 1.51.